The molecule has 0 radical (unpaired) electrons. The summed E-state index contributed by atoms with van der Waals surface area (Å²) in [4.78, 5) is 1.50. The van der Waals surface area contributed by atoms with Crippen molar-refractivity contribution in [1.82, 2.24) is 5.32 Å². The van der Waals surface area contributed by atoms with Crippen LogP contribution in [0.25, 0.3) is 0 Å². The highest BCUT2D eigenvalue weighted by molar-refractivity contribution is 9.11. The maximum Gasteiger partial charge on any atom is 0.0704 e. The zero-order chi connectivity index (χ0) is 14.6. The summed E-state index contributed by atoms with van der Waals surface area (Å²) in [5.41, 5.74) is 1.58. The Morgan fingerprint density at radius 1 is 1.19 bits per heavy atom. The second-order valence-electron chi connectivity index (χ2n) is 7.61. The molecule has 1 N–H and O–H groups in total. The first kappa shape index (κ1) is 14.7. The molecule has 1 unspecified atom stereocenters. The van der Waals surface area contributed by atoms with Gasteiger partial charge in [0, 0.05) is 10.9 Å². The first-order chi connectivity index (χ1) is 10.2. The van der Waals surface area contributed by atoms with Gasteiger partial charge in [-0.3, -0.25) is 0 Å². The van der Waals surface area contributed by atoms with Crippen molar-refractivity contribution >= 4 is 27.3 Å². The Hall–Kier alpha value is 0.140. The summed E-state index contributed by atoms with van der Waals surface area (Å²) in [6.45, 7) is 5.64. The molecule has 4 fully saturated rings. The van der Waals surface area contributed by atoms with Gasteiger partial charge in [0.2, 0.25) is 0 Å². The van der Waals surface area contributed by atoms with Crippen molar-refractivity contribution in [1.29, 1.82) is 0 Å². The fraction of sp³-hybridized carbons (Fsp3) is 0.778. The zero-order valence-corrected chi connectivity index (χ0v) is 15.5. The van der Waals surface area contributed by atoms with E-state index in [2.05, 4.69) is 41.2 Å². The van der Waals surface area contributed by atoms with Crippen molar-refractivity contribution in [2.45, 2.75) is 52.0 Å². The SMILES string of the molecule is CCNC(c1cc(Br)sc1C)C1C2CC3CC(C2)CC1C3. The largest absolute Gasteiger partial charge is 0.310 e. The second kappa shape index (κ2) is 5.65. The standard InChI is InChI=1S/C18H26BrNS/c1-3-20-18(15-9-16(19)21-10(15)2)17-13-5-11-4-12(7-13)8-14(17)6-11/h9,11-14,17-18,20H,3-8H2,1-2H3. The van der Waals surface area contributed by atoms with E-state index in [-0.39, 0.29) is 0 Å². The van der Waals surface area contributed by atoms with Crippen LogP contribution in [0.3, 0.4) is 0 Å². The van der Waals surface area contributed by atoms with E-state index >= 15 is 0 Å². The van der Waals surface area contributed by atoms with Gasteiger partial charge in [0.25, 0.3) is 0 Å². The van der Waals surface area contributed by atoms with Gasteiger partial charge in [-0.2, -0.15) is 0 Å². The molecule has 4 bridgehead atoms. The van der Waals surface area contributed by atoms with Gasteiger partial charge in [0.05, 0.1) is 3.79 Å². The predicted octanol–water partition coefficient (Wildman–Crippen LogP) is 5.54. The maximum atomic E-state index is 3.87. The topological polar surface area (TPSA) is 12.0 Å². The smallest absolute Gasteiger partial charge is 0.0704 e. The Kier molecular flexibility index (Phi) is 3.96. The molecule has 4 aliphatic carbocycles. The minimum atomic E-state index is 0.590. The van der Waals surface area contributed by atoms with Crippen LogP contribution < -0.4 is 5.32 Å². The van der Waals surface area contributed by atoms with Crippen LogP contribution in [0.15, 0.2) is 9.85 Å². The highest BCUT2D eigenvalue weighted by atomic mass is 79.9. The lowest BCUT2D eigenvalue weighted by molar-refractivity contribution is -0.0523. The van der Waals surface area contributed by atoms with Crippen LogP contribution in [-0.4, -0.2) is 6.54 Å². The number of thiophene rings is 1. The van der Waals surface area contributed by atoms with E-state index in [1.165, 1.54) is 34.3 Å². The molecule has 0 aliphatic heterocycles. The molecule has 0 aromatic carbocycles. The van der Waals surface area contributed by atoms with Gasteiger partial charge in [-0.05, 0) is 103 Å². The molecule has 0 spiro atoms. The summed E-state index contributed by atoms with van der Waals surface area (Å²) in [7, 11) is 0. The fourth-order valence-electron chi connectivity index (χ4n) is 5.95. The molecule has 1 aromatic heterocycles. The van der Waals surface area contributed by atoms with Crippen LogP contribution in [0.4, 0.5) is 0 Å². The van der Waals surface area contributed by atoms with Crippen LogP contribution in [0, 0.1) is 36.5 Å². The van der Waals surface area contributed by atoms with E-state index in [1.54, 1.807) is 12.0 Å². The minimum Gasteiger partial charge on any atom is -0.310 e. The van der Waals surface area contributed by atoms with Crippen LogP contribution in [0.2, 0.25) is 0 Å². The summed E-state index contributed by atoms with van der Waals surface area (Å²) < 4.78 is 1.29. The Morgan fingerprint density at radius 3 is 2.29 bits per heavy atom. The van der Waals surface area contributed by atoms with Gasteiger partial charge in [0.15, 0.2) is 0 Å². The summed E-state index contributed by atoms with van der Waals surface area (Å²) in [6.07, 6.45) is 7.62. The number of hydrogen-bond donors (Lipinski definition) is 1. The maximum absolute atomic E-state index is 3.87. The second-order valence-corrected chi connectivity index (χ2v) is 10.2. The van der Waals surface area contributed by atoms with Crippen molar-refractivity contribution < 1.29 is 0 Å². The van der Waals surface area contributed by atoms with Crippen LogP contribution in [-0.2, 0) is 0 Å². The normalized spacial score (nSPS) is 38.9. The number of rotatable bonds is 4. The van der Waals surface area contributed by atoms with Gasteiger partial charge >= 0.3 is 0 Å². The van der Waals surface area contributed by atoms with E-state index in [1.807, 2.05) is 11.3 Å². The Bertz CT molecular complexity index is 495. The van der Waals surface area contributed by atoms with Crippen molar-refractivity contribution in [2.24, 2.45) is 29.6 Å². The van der Waals surface area contributed by atoms with E-state index in [0.717, 1.165) is 36.1 Å². The van der Waals surface area contributed by atoms with Crippen LogP contribution in [0.1, 0.15) is 55.5 Å². The quantitative estimate of drug-likeness (QED) is 0.736. The first-order valence-corrected chi connectivity index (χ1v) is 10.3. The molecule has 1 atom stereocenters. The van der Waals surface area contributed by atoms with Crippen molar-refractivity contribution in [3.05, 3.63) is 20.3 Å². The van der Waals surface area contributed by atoms with E-state index in [4.69, 9.17) is 0 Å². The van der Waals surface area contributed by atoms with Gasteiger partial charge in [-0.15, -0.1) is 11.3 Å². The molecular formula is C18H26BrNS. The average molecular weight is 368 g/mol. The number of aryl methyl sites for hydroxylation is 1. The van der Waals surface area contributed by atoms with E-state index in [0.29, 0.717) is 6.04 Å². The Labute approximate surface area is 141 Å². The highest BCUT2D eigenvalue weighted by Crippen LogP contribution is 2.59. The third kappa shape index (κ3) is 2.53. The third-order valence-corrected chi connectivity index (χ3v) is 7.94. The van der Waals surface area contributed by atoms with Gasteiger partial charge < -0.3 is 5.32 Å². The van der Waals surface area contributed by atoms with Crippen molar-refractivity contribution in [3.8, 4) is 0 Å². The van der Waals surface area contributed by atoms with Gasteiger partial charge in [-0.25, -0.2) is 0 Å². The summed E-state index contributed by atoms with van der Waals surface area (Å²) in [6, 6.07) is 2.98. The average Bonchev–Trinajstić information content (AvgIpc) is 2.75. The lowest BCUT2D eigenvalue weighted by Crippen LogP contribution is -2.49. The summed E-state index contributed by atoms with van der Waals surface area (Å²) in [5, 5.41) is 3.87. The molecule has 21 heavy (non-hydrogen) atoms. The molecule has 4 saturated carbocycles. The minimum absolute atomic E-state index is 0.590. The molecule has 0 amide bonds. The Morgan fingerprint density at radius 2 is 1.81 bits per heavy atom. The van der Waals surface area contributed by atoms with Crippen molar-refractivity contribution in [3.63, 3.8) is 0 Å². The van der Waals surface area contributed by atoms with E-state index < -0.39 is 0 Å². The summed E-state index contributed by atoms with van der Waals surface area (Å²) >= 11 is 5.60. The fourth-order valence-corrected chi connectivity index (χ4v) is 7.71. The van der Waals surface area contributed by atoms with Crippen molar-refractivity contribution in [2.75, 3.05) is 6.54 Å². The molecule has 1 nitrogen and oxygen atoms in total. The number of halogens is 1. The lowest BCUT2D eigenvalue weighted by atomic mass is 9.50. The highest BCUT2D eigenvalue weighted by Gasteiger charge is 2.50. The predicted molar refractivity (Wildman–Crippen MR) is 93.7 cm³/mol. The Balaban J connectivity index is 1.66. The number of hydrogen-bond acceptors (Lipinski definition) is 2. The molecule has 1 heterocycles. The molecule has 4 aliphatic rings. The summed E-state index contributed by atoms with van der Waals surface area (Å²) in [5.74, 6) is 5.01. The lowest BCUT2D eigenvalue weighted by Gasteiger charge is -2.56. The molecule has 116 valence electrons. The third-order valence-electron chi connectivity index (χ3n) is 6.37. The molecule has 0 saturated heterocycles. The number of nitrogens with one attached hydrogen (secondary N) is 1. The van der Waals surface area contributed by atoms with Gasteiger partial charge in [0.1, 0.15) is 0 Å². The molecule has 3 heteroatoms. The molecule has 1 aromatic rings. The zero-order valence-electron chi connectivity index (χ0n) is 13.1. The first-order valence-electron chi connectivity index (χ1n) is 8.65. The molecular weight excluding hydrogens is 342 g/mol. The van der Waals surface area contributed by atoms with Crippen LogP contribution in [0.5, 0.6) is 0 Å². The van der Waals surface area contributed by atoms with Gasteiger partial charge in [-0.1, -0.05) is 6.92 Å². The monoisotopic (exact) mass is 367 g/mol. The molecule has 5 rings (SSSR count). The van der Waals surface area contributed by atoms with E-state index in [9.17, 15) is 0 Å². The van der Waals surface area contributed by atoms with Crippen LogP contribution >= 0.6 is 27.3 Å².